The predicted octanol–water partition coefficient (Wildman–Crippen LogP) is 1.65. The number of amides is 2. The highest BCUT2D eigenvalue weighted by molar-refractivity contribution is 5.97. The van der Waals surface area contributed by atoms with Crippen molar-refractivity contribution in [1.82, 2.24) is 5.32 Å². The molecule has 0 spiro atoms. The largest absolute Gasteiger partial charge is 0.368 e. The fraction of sp³-hybridized carbons (Fsp3) is 0.125. The fourth-order valence-corrected chi connectivity index (χ4v) is 1.95. The lowest BCUT2D eigenvalue weighted by molar-refractivity contribution is -0.119. The van der Waals surface area contributed by atoms with Gasteiger partial charge in [0, 0.05) is 6.42 Å². The molecule has 0 fully saturated rings. The van der Waals surface area contributed by atoms with E-state index in [1.807, 2.05) is 30.3 Å². The van der Waals surface area contributed by atoms with Gasteiger partial charge in [-0.1, -0.05) is 42.5 Å². The van der Waals surface area contributed by atoms with Crippen molar-refractivity contribution < 1.29 is 14.0 Å². The van der Waals surface area contributed by atoms with Crippen LogP contribution in [-0.2, 0) is 11.2 Å². The number of rotatable bonds is 5. The molecule has 0 radical (unpaired) electrons. The van der Waals surface area contributed by atoms with Crippen LogP contribution in [-0.4, -0.2) is 17.9 Å². The van der Waals surface area contributed by atoms with Crippen molar-refractivity contribution in [2.75, 3.05) is 0 Å². The van der Waals surface area contributed by atoms with Gasteiger partial charge in [0.05, 0.1) is 5.56 Å². The predicted molar refractivity (Wildman–Crippen MR) is 77.0 cm³/mol. The highest BCUT2D eigenvalue weighted by Crippen LogP contribution is 2.08. The molecule has 0 saturated carbocycles. The van der Waals surface area contributed by atoms with Crippen molar-refractivity contribution in [1.29, 1.82) is 0 Å². The van der Waals surface area contributed by atoms with E-state index >= 15 is 0 Å². The van der Waals surface area contributed by atoms with Crippen LogP contribution in [0.5, 0.6) is 0 Å². The minimum absolute atomic E-state index is 0.114. The maximum atomic E-state index is 13.5. The molecule has 108 valence electrons. The minimum Gasteiger partial charge on any atom is -0.368 e. The van der Waals surface area contributed by atoms with Crippen molar-refractivity contribution >= 4 is 11.8 Å². The lowest BCUT2D eigenvalue weighted by Gasteiger charge is -2.15. The van der Waals surface area contributed by atoms with Crippen molar-refractivity contribution in [3.63, 3.8) is 0 Å². The number of hydrogen-bond donors (Lipinski definition) is 2. The van der Waals surface area contributed by atoms with E-state index in [1.165, 1.54) is 18.2 Å². The second-order valence-electron chi connectivity index (χ2n) is 4.60. The van der Waals surface area contributed by atoms with E-state index in [1.54, 1.807) is 6.07 Å². The molecule has 5 heteroatoms. The fourth-order valence-electron chi connectivity index (χ4n) is 1.95. The first-order chi connectivity index (χ1) is 10.1. The Kier molecular flexibility index (Phi) is 4.66. The molecule has 0 unspecified atom stereocenters. The number of nitrogens with one attached hydrogen (secondary N) is 1. The molecule has 0 saturated heterocycles. The van der Waals surface area contributed by atoms with Crippen LogP contribution in [0.25, 0.3) is 0 Å². The molecule has 2 rings (SSSR count). The summed E-state index contributed by atoms with van der Waals surface area (Å²) in [4.78, 5) is 23.5. The Hall–Kier alpha value is -2.69. The molecule has 2 aromatic rings. The maximum absolute atomic E-state index is 13.5. The maximum Gasteiger partial charge on any atom is 0.254 e. The van der Waals surface area contributed by atoms with Crippen molar-refractivity contribution in [2.24, 2.45) is 5.73 Å². The standard InChI is InChI=1S/C16H15FN2O2/c17-13-9-5-4-8-12(13)16(21)19-14(15(18)20)10-11-6-2-1-3-7-11/h1-9,14H,10H2,(H2,18,20)(H,19,21)/t14-/m1/s1. The second kappa shape index (κ2) is 6.65. The molecule has 0 aliphatic rings. The van der Waals surface area contributed by atoms with Gasteiger partial charge >= 0.3 is 0 Å². The zero-order chi connectivity index (χ0) is 15.2. The Labute approximate surface area is 121 Å². The van der Waals surface area contributed by atoms with Crippen LogP contribution in [0.1, 0.15) is 15.9 Å². The third-order valence-electron chi connectivity index (χ3n) is 3.05. The van der Waals surface area contributed by atoms with Crippen molar-refractivity contribution in [2.45, 2.75) is 12.5 Å². The molecule has 0 bridgehead atoms. The third-order valence-corrected chi connectivity index (χ3v) is 3.05. The number of hydrogen-bond acceptors (Lipinski definition) is 2. The van der Waals surface area contributed by atoms with Gasteiger partial charge in [-0.05, 0) is 17.7 Å². The summed E-state index contributed by atoms with van der Waals surface area (Å²) >= 11 is 0. The number of primary amides is 1. The molecular formula is C16H15FN2O2. The van der Waals surface area contributed by atoms with Crippen LogP contribution in [0.2, 0.25) is 0 Å². The van der Waals surface area contributed by atoms with Crippen molar-refractivity contribution in [3.05, 3.63) is 71.5 Å². The normalized spacial score (nSPS) is 11.7. The van der Waals surface area contributed by atoms with Gasteiger partial charge < -0.3 is 11.1 Å². The van der Waals surface area contributed by atoms with E-state index < -0.39 is 23.7 Å². The number of nitrogens with two attached hydrogens (primary N) is 1. The molecule has 1 atom stereocenters. The topological polar surface area (TPSA) is 72.2 Å². The Morgan fingerprint density at radius 3 is 2.29 bits per heavy atom. The Morgan fingerprint density at radius 2 is 1.67 bits per heavy atom. The summed E-state index contributed by atoms with van der Waals surface area (Å²) in [5.41, 5.74) is 6.04. The van der Waals surface area contributed by atoms with Gasteiger partial charge in [0.2, 0.25) is 5.91 Å². The van der Waals surface area contributed by atoms with E-state index in [4.69, 9.17) is 5.73 Å². The first kappa shape index (κ1) is 14.7. The zero-order valence-corrected chi connectivity index (χ0v) is 11.3. The molecular weight excluding hydrogens is 271 g/mol. The SMILES string of the molecule is NC(=O)[C@@H](Cc1ccccc1)NC(=O)c1ccccc1F. The molecule has 2 amide bonds. The smallest absolute Gasteiger partial charge is 0.254 e. The van der Waals surface area contributed by atoms with Gasteiger partial charge in [0.15, 0.2) is 0 Å². The molecule has 0 aromatic heterocycles. The Bertz CT molecular complexity index is 644. The highest BCUT2D eigenvalue weighted by atomic mass is 19.1. The second-order valence-corrected chi connectivity index (χ2v) is 4.60. The zero-order valence-electron chi connectivity index (χ0n) is 11.3. The summed E-state index contributed by atoms with van der Waals surface area (Å²) in [6, 6.07) is 13.8. The van der Waals surface area contributed by atoms with E-state index in [2.05, 4.69) is 5.32 Å². The van der Waals surface area contributed by atoms with Crippen LogP contribution < -0.4 is 11.1 Å². The number of carbonyl (C=O) groups excluding carboxylic acids is 2. The number of carbonyl (C=O) groups is 2. The van der Waals surface area contributed by atoms with Crippen LogP contribution in [0.4, 0.5) is 4.39 Å². The van der Waals surface area contributed by atoms with E-state index in [9.17, 15) is 14.0 Å². The quantitative estimate of drug-likeness (QED) is 0.877. The molecule has 3 N–H and O–H groups in total. The molecule has 0 aliphatic heterocycles. The Morgan fingerprint density at radius 1 is 1.05 bits per heavy atom. The van der Waals surface area contributed by atoms with Crippen LogP contribution >= 0.6 is 0 Å². The molecule has 21 heavy (non-hydrogen) atoms. The van der Waals surface area contributed by atoms with Gasteiger partial charge in [-0.25, -0.2) is 4.39 Å². The summed E-state index contributed by atoms with van der Waals surface area (Å²) in [5, 5.41) is 2.47. The lowest BCUT2D eigenvalue weighted by atomic mass is 10.0. The van der Waals surface area contributed by atoms with Gasteiger partial charge in [-0.15, -0.1) is 0 Å². The number of benzene rings is 2. The van der Waals surface area contributed by atoms with Gasteiger partial charge in [-0.3, -0.25) is 9.59 Å². The first-order valence-electron chi connectivity index (χ1n) is 6.46. The lowest BCUT2D eigenvalue weighted by Crippen LogP contribution is -2.46. The van der Waals surface area contributed by atoms with Crippen LogP contribution in [0.3, 0.4) is 0 Å². The van der Waals surface area contributed by atoms with E-state index in [-0.39, 0.29) is 12.0 Å². The summed E-state index contributed by atoms with van der Waals surface area (Å²) in [5.74, 6) is -1.96. The molecule has 2 aromatic carbocycles. The van der Waals surface area contributed by atoms with E-state index in [0.29, 0.717) is 0 Å². The minimum atomic E-state index is -0.889. The summed E-state index contributed by atoms with van der Waals surface area (Å²) in [6.45, 7) is 0. The third kappa shape index (κ3) is 3.89. The monoisotopic (exact) mass is 286 g/mol. The average molecular weight is 286 g/mol. The summed E-state index contributed by atoms with van der Waals surface area (Å²) < 4.78 is 13.5. The van der Waals surface area contributed by atoms with Gasteiger partial charge in [-0.2, -0.15) is 0 Å². The van der Waals surface area contributed by atoms with Crippen LogP contribution in [0, 0.1) is 5.82 Å². The molecule has 4 nitrogen and oxygen atoms in total. The average Bonchev–Trinajstić information content (AvgIpc) is 2.48. The van der Waals surface area contributed by atoms with Gasteiger partial charge in [0.1, 0.15) is 11.9 Å². The first-order valence-corrected chi connectivity index (χ1v) is 6.46. The highest BCUT2D eigenvalue weighted by Gasteiger charge is 2.20. The van der Waals surface area contributed by atoms with E-state index in [0.717, 1.165) is 5.56 Å². The van der Waals surface area contributed by atoms with Crippen LogP contribution in [0.15, 0.2) is 54.6 Å². The van der Waals surface area contributed by atoms with Gasteiger partial charge in [0.25, 0.3) is 5.91 Å². The summed E-state index contributed by atoms with van der Waals surface area (Å²) in [6.07, 6.45) is 0.260. The summed E-state index contributed by atoms with van der Waals surface area (Å²) in [7, 11) is 0. The molecule has 0 heterocycles. The molecule has 0 aliphatic carbocycles. The van der Waals surface area contributed by atoms with Crippen molar-refractivity contribution in [3.8, 4) is 0 Å². The number of halogens is 1. The Balaban J connectivity index is 2.12.